The molecular weight excluding hydrogens is 432 g/mol. The second kappa shape index (κ2) is 9.87. The molecule has 1 amide bonds. The summed E-state index contributed by atoms with van der Waals surface area (Å²) in [5, 5.41) is 0. The predicted molar refractivity (Wildman–Crippen MR) is 116 cm³/mol. The van der Waals surface area contributed by atoms with E-state index in [1.54, 1.807) is 29.2 Å². The van der Waals surface area contributed by atoms with Crippen molar-refractivity contribution < 1.29 is 32.6 Å². The minimum absolute atomic E-state index is 0.154. The Morgan fingerprint density at radius 1 is 1.03 bits per heavy atom. The third-order valence-electron chi connectivity index (χ3n) is 6.15. The van der Waals surface area contributed by atoms with Crippen LogP contribution in [-0.4, -0.2) is 48.7 Å². The van der Waals surface area contributed by atoms with Crippen LogP contribution in [0.1, 0.15) is 53.2 Å². The summed E-state index contributed by atoms with van der Waals surface area (Å²) in [4.78, 5) is 26.4. The van der Waals surface area contributed by atoms with Crippen LogP contribution in [0.3, 0.4) is 0 Å². The van der Waals surface area contributed by atoms with E-state index in [0.29, 0.717) is 24.9 Å². The molecule has 2 atom stereocenters. The predicted octanol–water partition coefficient (Wildman–Crippen LogP) is 5.13. The fraction of sp³-hybridized carbons (Fsp3) is 0.440. The van der Waals surface area contributed by atoms with Gasteiger partial charge in [-0.3, -0.25) is 0 Å². The molecule has 0 radical (unpaired) electrons. The molecule has 0 aromatic heterocycles. The van der Waals surface area contributed by atoms with Crippen molar-refractivity contribution in [3.8, 4) is 0 Å². The summed E-state index contributed by atoms with van der Waals surface area (Å²) in [6.07, 6.45) is -0.664. The molecule has 0 unspecified atom stereocenters. The number of nitrogens with zero attached hydrogens (tertiary/aromatic N) is 1. The summed E-state index contributed by atoms with van der Waals surface area (Å²) in [7, 11) is 1.31. The maximum atomic E-state index is 13.2. The number of carbonyl (C=O) groups excluding carboxylic acids is 2. The number of piperidine rings is 1. The van der Waals surface area contributed by atoms with Crippen LogP contribution in [0.4, 0.5) is 13.6 Å². The van der Waals surface area contributed by atoms with Crippen molar-refractivity contribution in [3.63, 3.8) is 0 Å². The first-order valence-electron chi connectivity index (χ1n) is 11.0. The number of benzene rings is 2. The van der Waals surface area contributed by atoms with Gasteiger partial charge in [0.1, 0.15) is 6.61 Å². The number of esters is 1. The first kappa shape index (κ1) is 23.2. The van der Waals surface area contributed by atoms with Crippen molar-refractivity contribution in [2.24, 2.45) is 0 Å². The van der Waals surface area contributed by atoms with E-state index in [1.807, 2.05) is 30.3 Å². The molecule has 2 aromatic rings. The summed E-state index contributed by atoms with van der Waals surface area (Å²) in [6, 6.07) is 15.9. The van der Waals surface area contributed by atoms with Gasteiger partial charge in [0.25, 0.3) is 5.92 Å². The van der Waals surface area contributed by atoms with Gasteiger partial charge in [-0.1, -0.05) is 42.5 Å². The Hall–Kier alpha value is -3.00. The number of hydrogen-bond donors (Lipinski definition) is 0. The molecule has 1 aliphatic carbocycles. The lowest BCUT2D eigenvalue weighted by molar-refractivity contribution is -0.189. The normalized spacial score (nSPS) is 22.3. The van der Waals surface area contributed by atoms with E-state index in [9.17, 15) is 18.4 Å². The van der Waals surface area contributed by atoms with Crippen LogP contribution in [0.2, 0.25) is 0 Å². The number of methoxy groups -OCH3 is 1. The number of carbonyl (C=O) groups is 2. The SMILES string of the molecule is COC(=O)c1ccc([C@@H]2C[C@@H](OC3CC(F)(F)C3)CCN2C(=O)OCc2ccccc2)cc1. The summed E-state index contributed by atoms with van der Waals surface area (Å²) in [6.45, 7) is 0.534. The molecule has 6 nitrogen and oxygen atoms in total. The summed E-state index contributed by atoms with van der Waals surface area (Å²) in [5.41, 5.74) is 2.10. The Balaban J connectivity index is 1.46. The Bertz CT molecular complexity index is 959. The topological polar surface area (TPSA) is 65.1 Å². The molecule has 1 aliphatic heterocycles. The molecule has 2 fully saturated rings. The Morgan fingerprint density at radius 2 is 1.73 bits per heavy atom. The maximum Gasteiger partial charge on any atom is 0.410 e. The molecule has 1 heterocycles. The van der Waals surface area contributed by atoms with Gasteiger partial charge in [-0.2, -0.15) is 0 Å². The lowest BCUT2D eigenvalue weighted by Crippen LogP contribution is -2.47. The molecule has 176 valence electrons. The number of amides is 1. The fourth-order valence-corrected chi connectivity index (χ4v) is 4.33. The lowest BCUT2D eigenvalue weighted by atomic mass is 9.89. The van der Waals surface area contributed by atoms with Crippen LogP contribution in [0, 0.1) is 0 Å². The van der Waals surface area contributed by atoms with Gasteiger partial charge in [0.05, 0.1) is 30.9 Å². The molecule has 4 rings (SSSR count). The highest BCUT2D eigenvalue weighted by molar-refractivity contribution is 5.89. The van der Waals surface area contributed by atoms with Crippen LogP contribution < -0.4 is 0 Å². The molecule has 2 aliphatic rings. The highest BCUT2D eigenvalue weighted by Gasteiger charge is 2.47. The number of ether oxygens (including phenoxy) is 3. The first-order valence-corrected chi connectivity index (χ1v) is 11.0. The monoisotopic (exact) mass is 459 g/mol. The summed E-state index contributed by atoms with van der Waals surface area (Å²) >= 11 is 0. The molecule has 8 heteroatoms. The number of rotatable bonds is 6. The minimum atomic E-state index is -2.64. The molecule has 33 heavy (non-hydrogen) atoms. The van der Waals surface area contributed by atoms with Gasteiger partial charge in [-0.15, -0.1) is 0 Å². The largest absolute Gasteiger partial charge is 0.465 e. The van der Waals surface area contributed by atoms with Gasteiger partial charge in [-0.25, -0.2) is 18.4 Å². The molecule has 2 aromatic carbocycles. The van der Waals surface area contributed by atoms with Gasteiger partial charge in [0.15, 0.2) is 0 Å². The number of likely N-dealkylation sites (tertiary alicyclic amines) is 1. The number of halogens is 2. The molecule has 0 N–H and O–H groups in total. The van der Waals surface area contributed by atoms with Gasteiger partial charge >= 0.3 is 12.1 Å². The smallest absolute Gasteiger partial charge is 0.410 e. The highest BCUT2D eigenvalue weighted by Crippen LogP contribution is 2.42. The third kappa shape index (κ3) is 5.68. The molecular formula is C25H27F2NO5. The Morgan fingerprint density at radius 3 is 2.36 bits per heavy atom. The molecule has 0 bridgehead atoms. The zero-order valence-corrected chi connectivity index (χ0v) is 18.4. The van der Waals surface area contributed by atoms with Crippen molar-refractivity contribution in [2.45, 2.75) is 56.5 Å². The van der Waals surface area contributed by atoms with Gasteiger partial charge in [0, 0.05) is 19.4 Å². The van der Waals surface area contributed by atoms with Crippen LogP contribution in [0.5, 0.6) is 0 Å². The van der Waals surface area contributed by atoms with Crippen LogP contribution in [-0.2, 0) is 20.8 Å². The van der Waals surface area contributed by atoms with E-state index in [1.165, 1.54) is 7.11 Å². The van der Waals surface area contributed by atoms with E-state index in [2.05, 4.69) is 0 Å². The fourth-order valence-electron chi connectivity index (χ4n) is 4.33. The summed E-state index contributed by atoms with van der Waals surface area (Å²) < 4.78 is 42.7. The van der Waals surface area contributed by atoms with E-state index >= 15 is 0 Å². The number of alkyl halides is 2. The highest BCUT2D eigenvalue weighted by atomic mass is 19.3. The second-order valence-electron chi connectivity index (χ2n) is 8.53. The van der Waals surface area contributed by atoms with Crippen LogP contribution >= 0.6 is 0 Å². The van der Waals surface area contributed by atoms with E-state index in [-0.39, 0.29) is 31.6 Å². The molecule has 0 spiro atoms. The molecule has 1 saturated carbocycles. The van der Waals surface area contributed by atoms with Crippen molar-refractivity contribution in [1.29, 1.82) is 0 Å². The van der Waals surface area contributed by atoms with Crippen LogP contribution in [0.25, 0.3) is 0 Å². The van der Waals surface area contributed by atoms with Crippen molar-refractivity contribution in [1.82, 2.24) is 4.90 Å². The van der Waals surface area contributed by atoms with Crippen molar-refractivity contribution in [2.75, 3.05) is 13.7 Å². The number of hydrogen-bond acceptors (Lipinski definition) is 5. The quantitative estimate of drug-likeness (QED) is 0.561. The Labute approximate surface area is 191 Å². The minimum Gasteiger partial charge on any atom is -0.465 e. The first-order chi connectivity index (χ1) is 15.8. The third-order valence-corrected chi connectivity index (χ3v) is 6.15. The van der Waals surface area contributed by atoms with Crippen molar-refractivity contribution in [3.05, 3.63) is 71.3 Å². The van der Waals surface area contributed by atoms with E-state index in [4.69, 9.17) is 14.2 Å². The van der Waals surface area contributed by atoms with Crippen LogP contribution in [0.15, 0.2) is 54.6 Å². The van der Waals surface area contributed by atoms with Gasteiger partial charge in [0.2, 0.25) is 0 Å². The Kier molecular flexibility index (Phi) is 6.93. The van der Waals surface area contributed by atoms with Crippen molar-refractivity contribution >= 4 is 12.1 Å². The zero-order chi connectivity index (χ0) is 23.4. The van der Waals surface area contributed by atoms with E-state index in [0.717, 1.165) is 11.1 Å². The molecule has 1 saturated heterocycles. The maximum absolute atomic E-state index is 13.2. The zero-order valence-electron chi connectivity index (χ0n) is 18.4. The van der Waals surface area contributed by atoms with Gasteiger partial charge in [-0.05, 0) is 36.1 Å². The van der Waals surface area contributed by atoms with Gasteiger partial charge < -0.3 is 19.1 Å². The standard InChI is InChI=1S/C25H27F2NO5/c1-31-23(29)19-9-7-18(8-10-19)22-13-20(33-21-14-25(26,27)15-21)11-12-28(22)24(30)32-16-17-5-3-2-4-6-17/h2-10,20-22H,11-16H2,1H3/t20-,22-/m0/s1. The second-order valence-corrected chi connectivity index (χ2v) is 8.53. The average molecular weight is 459 g/mol. The summed E-state index contributed by atoms with van der Waals surface area (Å²) in [5.74, 6) is -3.09. The lowest BCUT2D eigenvalue weighted by Gasteiger charge is -2.42. The van der Waals surface area contributed by atoms with E-state index < -0.39 is 24.1 Å². The average Bonchev–Trinajstić information content (AvgIpc) is 2.81.